The molecule has 4 aliphatic rings. The maximum absolute atomic E-state index is 14.0. The van der Waals surface area contributed by atoms with Crippen molar-refractivity contribution in [2.75, 3.05) is 27.4 Å². The Balaban J connectivity index is 1.05. The molecule has 4 aromatic rings. The molecule has 1 aromatic heterocycles. The first-order valence-electron chi connectivity index (χ1n) is 18.3. The molecule has 1 saturated heterocycles. The fourth-order valence-corrected chi connectivity index (χ4v) is 8.75. The molecule has 2 fully saturated rings. The van der Waals surface area contributed by atoms with Gasteiger partial charge >= 0.3 is 6.09 Å². The van der Waals surface area contributed by atoms with Crippen LogP contribution in [0.15, 0.2) is 53.7 Å². The highest BCUT2D eigenvalue weighted by atomic mass is 16.5. The molecule has 0 bridgehead atoms. The molecule has 0 spiro atoms. The van der Waals surface area contributed by atoms with E-state index in [0.717, 1.165) is 74.0 Å². The zero-order chi connectivity index (χ0) is 35.4. The Bertz CT molecular complexity index is 2030. The van der Waals surface area contributed by atoms with Crippen molar-refractivity contribution >= 4 is 34.2 Å². The number of rotatable bonds is 8. The van der Waals surface area contributed by atoms with Crippen LogP contribution in [0.25, 0.3) is 33.2 Å². The summed E-state index contributed by atoms with van der Waals surface area (Å²) in [5.41, 5.74) is 8.67. The third-order valence-corrected chi connectivity index (χ3v) is 11.4. The van der Waals surface area contributed by atoms with Gasteiger partial charge < -0.3 is 29.4 Å². The number of benzene rings is 3. The number of carbonyl (C=O) groups excluding carboxylic acids is 2. The summed E-state index contributed by atoms with van der Waals surface area (Å²) in [6, 6.07) is 14.4. The molecule has 8 rings (SSSR count). The number of ether oxygens (including phenoxy) is 3. The van der Waals surface area contributed by atoms with Crippen molar-refractivity contribution in [3.63, 3.8) is 0 Å². The van der Waals surface area contributed by atoms with E-state index >= 15 is 0 Å². The number of methoxy groups -OCH3 is 2. The van der Waals surface area contributed by atoms with Gasteiger partial charge in [0.05, 0.1) is 37.3 Å². The molecule has 3 aromatic carbocycles. The highest BCUT2D eigenvalue weighted by Crippen LogP contribution is 2.45. The number of carbonyl (C=O) groups is 2. The first kappa shape index (κ1) is 33.4. The summed E-state index contributed by atoms with van der Waals surface area (Å²) in [5.74, 6) is 3.20. The summed E-state index contributed by atoms with van der Waals surface area (Å²) < 4.78 is 16.8. The van der Waals surface area contributed by atoms with E-state index in [2.05, 4.69) is 59.7 Å². The minimum Gasteiger partial charge on any atom is -0.488 e. The number of nitrogens with zero attached hydrogens (tertiary/aromatic N) is 3. The summed E-state index contributed by atoms with van der Waals surface area (Å²) in [7, 11) is 3.00. The van der Waals surface area contributed by atoms with Gasteiger partial charge in [0, 0.05) is 43.2 Å². The van der Waals surface area contributed by atoms with Gasteiger partial charge in [-0.2, -0.15) is 0 Å². The Morgan fingerprint density at radius 3 is 2.71 bits per heavy atom. The molecule has 3 aliphatic heterocycles. The highest BCUT2D eigenvalue weighted by molar-refractivity contribution is 6.06. The van der Waals surface area contributed by atoms with E-state index in [1.165, 1.54) is 31.9 Å². The van der Waals surface area contributed by atoms with E-state index in [4.69, 9.17) is 24.2 Å². The number of fused-ring (bicyclic) bond motifs is 6. The average Bonchev–Trinajstić information content (AvgIpc) is 3.95. The van der Waals surface area contributed by atoms with Gasteiger partial charge in [0.15, 0.2) is 0 Å². The number of aromatic nitrogens is 2. The number of likely N-dealkylation sites (tertiary alicyclic amines) is 1. The molecule has 4 heterocycles. The van der Waals surface area contributed by atoms with Crippen molar-refractivity contribution in [1.82, 2.24) is 20.2 Å². The van der Waals surface area contributed by atoms with Crippen LogP contribution in [-0.2, 0) is 27.3 Å². The standard InChI is InChI=1S/C41H47N5O5/c1-22(2)38(45-41(48)50-5)40(47)46-19-24(20-49-4)13-36(46)34-16-31-30-17-37-32(15-25(30)9-11-33(31)43-34)29-10-8-26(14-28(29)21-51-37)35-18-42-39(44-35)27-7-6-23(3)12-27/h8-11,14-15,17-18,22-24,27,36,38H,6-7,12-13,16,19-21H2,1-5H3,(H,42,44)(H,45,48)/t23-,24+,27+,36+,38+/m1/s1. The maximum atomic E-state index is 14.0. The number of alkyl carbamates (subject to hydrolysis) is 1. The number of H-pyrrole nitrogens is 1. The Labute approximate surface area is 299 Å². The van der Waals surface area contributed by atoms with E-state index < -0.39 is 12.1 Å². The van der Waals surface area contributed by atoms with Crippen LogP contribution in [0.2, 0.25) is 0 Å². The molecule has 10 heteroatoms. The van der Waals surface area contributed by atoms with Crippen LogP contribution in [-0.4, -0.2) is 72.0 Å². The largest absolute Gasteiger partial charge is 0.488 e. The van der Waals surface area contributed by atoms with Crippen LogP contribution in [0.5, 0.6) is 5.75 Å². The second kappa shape index (κ2) is 13.5. The second-order valence-electron chi connectivity index (χ2n) is 15.3. The van der Waals surface area contributed by atoms with Gasteiger partial charge in [-0.3, -0.25) is 9.79 Å². The van der Waals surface area contributed by atoms with Gasteiger partial charge in [-0.05, 0) is 94.8 Å². The molecule has 0 radical (unpaired) electrons. The Morgan fingerprint density at radius 2 is 1.94 bits per heavy atom. The van der Waals surface area contributed by atoms with E-state index in [0.29, 0.717) is 32.1 Å². The summed E-state index contributed by atoms with van der Waals surface area (Å²) in [6.45, 7) is 7.78. The quantitative estimate of drug-likeness (QED) is 0.197. The lowest BCUT2D eigenvalue weighted by atomic mass is 9.90. The third kappa shape index (κ3) is 6.17. The van der Waals surface area contributed by atoms with Gasteiger partial charge in [-0.1, -0.05) is 39.0 Å². The van der Waals surface area contributed by atoms with Gasteiger partial charge in [0.2, 0.25) is 5.91 Å². The fraction of sp³-hybridized carbons (Fsp3) is 0.463. The van der Waals surface area contributed by atoms with E-state index in [1.807, 2.05) is 24.9 Å². The number of hydrogen-bond acceptors (Lipinski definition) is 7. The first-order chi connectivity index (χ1) is 24.7. The normalized spacial score (nSPS) is 22.7. The number of imidazole rings is 1. The fourth-order valence-electron chi connectivity index (χ4n) is 8.75. The van der Waals surface area contributed by atoms with Crippen molar-refractivity contribution in [3.05, 3.63) is 65.6 Å². The molecule has 2 N–H and O–H groups in total. The minimum atomic E-state index is -0.702. The number of aromatic amines is 1. The highest BCUT2D eigenvalue weighted by Gasteiger charge is 2.43. The predicted octanol–water partition coefficient (Wildman–Crippen LogP) is 7.57. The molecule has 51 heavy (non-hydrogen) atoms. The van der Waals surface area contributed by atoms with Crippen LogP contribution in [0.1, 0.15) is 69.3 Å². The Kier molecular flexibility index (Phi) is 8.82. The maximum Gasteiger partial charge on any atom is 0.407 e. The monoisotopic (exact) mass is 689 g/mol. The molecule has 10 nitrogen and oxygen atoms in total. The van der Waals surface area contributed by atoms with Crippen LogP contribution in [0, 0.1) is 17.8 Å². The van der Waals surface area contributed by atoms with Crippen LogP contribution in [0.3, 0.4) is 0 Å². The van der Waals surface area contributed by atoms with E-state index in [-0.39, 0.29) is 23.8 Å². The van der Waals surface area contributed by atoms with E-state index in [9.17, 15) is 9.59 Å². The molecule has 0 unspecified atom stereocenters. The zero-order valence-electron chi connectivity index (χ0n) is 30.1. The number of amides is 2. The number of hydrogen-bond donors (Lipinski definition) is 2. The predicted molar refractivity (Wildman–Crippen MR) is 198 cm³/mol. The van der Waals surface area contributed by atoms with Crippen LogP contribution in [0.4, 0.5) is 10.5 Å². The second-order valence-corrected chi connectivity index (χ2v) is 15.3. The van der Waals surface area contributed by atoms with Crippen molar-refractivity contribution in [3.8, 4) is 28.1 Å². The van der Waals surface area contributed by atoms with Crippen molar-refractivity contribution in [1.29, 1.82) is 0 Å². The third-order valence-electron chi connectivity index (χ3n) is 11.4. The van der Waals surface area contributed by atoms with Gasteiger partial charge in [-0.15, -0.1) is 0 Å². The lowest BCUT2D eigenvalue weighted by Crippen LogP contribution is -2.53. The van der Waals surface area contributed by atoms with Gasteiger partial charge in [0.1, 0.15) is 24.2 Å². The number of aliphatic imine (C=N–C) groups is 1. The molecular formula is C41H47N5O5. The molecule has 5 atom stereocenters. The molecule has 1 saturated carbocycles. The van der Waals surface area contributed by atoms with E-state index in [1.54, 1.807) is 7.11 Å². The van der Waals surface area contributed by atoms with Crippen LogP contribution < -0.4 is 10.1 Å². The summed E-state index contributed by atoms with van der Waals surface area (Å²) in [4.78, 5) is 41.6. The van der Waals surface area contributed by atoms with Gasteiger partial charge in [-0.25, -0.2) is 9.78 Å². The summed E-state index contributed by atoms with van der Waals surface area (Å²) in [5, 5.41) is 5.01. The van der Waals surface area contributed by atoms with Gasteiger partial charge in [0.25, 0.3) is 0 Å². The Hall–Kier alpha value is -4.70. The first-order valence-corrected chi connectivity index (χ1v) is 18.3. The zero-order valence-corrected chi connectivity index (χ0v) is 30.1. The smallest absolute Gasteiger partial charge is 0.407 e. The summed E-state index contributed by atoms with van der Waals surface area (Å²) >= 11 is 0. The average molecular weight is 690 g/mol. The topological polar surface area (TPSA) is 118 Å². The molecular weight excluding hydrogens is 642 g/mol. The Morgan fingerprint density at radius 1 is 1.08 bits per heavy atom. The van der Waals surface area contributed by atoms with Crippen molar-refractivity contribution in [2.24, 2.45) is 22.7 Å². The molecule has 1 aliphatic carbocycles. The lowest BCUT2D eigenvalue weighted by Gasteiger charge is -2.31. The molecule has 266 valence electrons. The number of nitrogens with one attached hydrogen (secondary N) is 2. The van der Waals surface area contributed by atoms with Crippen molar-refractivity contribution in [2.45, 2.75) is 77.5 Å². The summed E-state index contributed by atoms with van der Waals surface area (Å²) in [6.07, 6.45) is 6.44. The van der Waals surface area contributed by atoms with Crippen LogP contribution >= 0.6 is 0 Å². The lowest BCUT2D eigenvalue weighted by molar-refractivity contribution is -0.134. The van der Waals surface area contributed by atoms with Crippen molar-refractivity contribution < 1.29 is 23.8 Å². The molecule has 2 amide bonds. The SMILES string of the molecule is COC[C@H]1C[C@@H](C2=Nc3ccc4cc5c(cc4c3C2)OCc2cc(-c3cnc([C@H]4CC[C@@H](C)C4)[nH]3)ccc2-5)N(C(=O)[C@@H](NC(=O)OC)C(C)C)C1. The minimum absolute atomic E-state index is 0.114.